The Morgan fingerprint density at radius 1 is 1.05 bits per heavy atom. The number of amides is 1. The quantitative estimate of drug-likeness (QED) is 0.909. The zero-order chi connectivity index (χ0) is 15.4. The minimum Gasteiger partial charge on any atom is -0.393 e. The highest BCUT2D eigenvalue weighted by molar-refractivity contribution is 5.95. The van der Waals surface area contributed by atoms with Crippen LogP contribution in [0.5, 0.6) is 0 Å². The predicted octanol–water partition coefficient (Wildman–Crippen LogP) is 1.53. The summed E-state index contributed by atoms with van der Waals surface area (Å²) in [6, 6.07) is 1.81. The molecule has 1 saturated heterocycles. The first-order valence-corrected chi connectivity index (χ1v) is 7.42. The van der Waals surface area contributed by atoms with E-state index >= 15 is 0 Å². The lowest BCUT2D eigenvalue weighted by Gasteiger charge is -2.20. The summed E-state index contributed by atoms with van der Waals surface area (Å²) in [6.07, 6.45) is 10.0. The normalized spacial score (nSPS) is 18.8. The molecule has 1 fully saturated rings. The molecular formula is C16H18N4O2. The maximum atomic E-state index is 12.6. The lowest BCUT2D eigenvalue weighted by Crippen LogP contribution is -2.32. The zero-order valence-electron chi connectivity index (χ0n) is 12.2. The highest BCUT2D eigenvalue weighted by Crippen LogP contribution is 2.19. The standard InChI is InChI=1S/C16H18N4O2/c21-15-2-1-4-20(5-3-15)16(22)13-6-12(7-17-8-13)14-9-18-11-19-10-14/h6-11,15,21H,1-5H2/t15-/m0/s1. The SMILES string of the molecule is O=C(c1cncc(-c2cncnc2)c1)N1CCC[C@H](O)CC1. The Hall–Kier alpha value is -2.34. The lowest BCUT2D eigenvalue weighted by atomic mass is 10.1. The van der Waals surface area contributed by atoms with Crippen LogP contribution in [-0.4, -0.2) is 50.1 Å². The summed E-state index contributed by atoms with van der Waals surface area (Å²) in [5.41, 5.74) is 2.20. The fourth-order valence-corrected chi connectivity index (χ4v) is 2.63. The lowest BCUT2D eigenvalue weighted by molar-refractivity contribution is 0.0752. The van der Waals surface area contributed by atoms with Crippen LogP contribution in [0.4, 0.5) is 0 Å². The second-order valence-corrected chi connectivity index (χ2v) is 5.47. The maximum absolute atomic E-state index is 12.6. The van der Waals surface area contributed by atoms with Gasteiger partial charge in [0.2, 0.25) is 0 Å². The van der Waals surface area contributed by atoms with Crippen LogP contribution in [-0.2, 0) is 0 Å². The molecule has 114 valence electrons. The van der Waals surface area contributed by atoms with Gasteiger partial charge < -0.3 is 10.0 Å². The van der Waals surface area contributed by atoms with Gasteiger partial charge in [-0.15, -0.1) is 0 Å². The summed E-state index contributed by atoms with van der Waals surface area (Å²) in [5.74, 6) is -0.0414. The summed E-state index contributed by atoms with van der Waals surface area (Å²) in [4.78, 5) is 26.5. The highest BCUT2D eigenvalue weighted by Gasteiger charge is 2.21. The second-order valence-electron chi connectivity index (χ2n) is 5.47. The molecule has 3 rings (SSSR count). The molecule has 0 bridgehead atoms. The van der Waals surface area contributed by atoms with Crippen molar-refractivity contribution in [3.8, 4) is 11.1 Å². The maximum Gasteiger partial charge on any atom is 0.255 e. The number of hydrogen-bond acceptors (Lipinski definition) is 5. The van der Waals surface area contributed by atoms with Crippen LogP contribution in [0.2, 0.25) is 0 Å². The number of aliphatic hydroxyl groups is 1. The molecule has 1 amide bonds. The molecule has 0 radical (unpaired) electrons. The smallest absolute Gasteiger partial charge is 0.255 e. The van der Waals surface area contributed by atoms with E-state index in [1.807, 2.05) is 6.07 Å². The van der Waals surface area contributed by atoms with Crippen molar-refractivity contribution < 1.29 is 9.90 Å². The first kappa shape index (κ1) is 14.6. The van der Waals surface area contributed by atoms with Gasteiger partial charge in [-0.25, -0.2) is 9.97 Å². The van der Waals surface area contributed by atoms with Crippen molar-refractivity contribution >= 4 is 5.91 Å². The fraction of sp³-hybridized carbons (Fsp3) is 0.375. The fourth-order valence-electron chi connectivity index (χ4n) is 2.63. The van der Waals surface area contributed by atoms with E-state index in [0.29, 0.717) is 25.1 Å². The third-order valence-corrected chi connectivity index (χ3v) is 3.86. The number of nitrogens with zero attached hydrogens (tertiary/aromatic N) is 4. The van der Waals surface area contributed by atoms with Crippen LogP contribution in [0, 0.1) is 0 Å². The Balaban J connectivity index is 1.81. The van der Waals surface area contributed by atoms with Crippen molar-refractivity contribution in [2.45, 2.75) is 25.4 Å². The summed E-state index contributed by atoms with van der Waals surface area (Å²) in [7, 11) is 0. The summed E-state index contributed by atoms with van der Waals surface area (Å²) in [5, 5.41) is 9.69. The Labute approximate surface area is 128 Å². The molecule has 0 aliphatic carbocycles. The van der Waals surface area contributed by atoms with Gasteiger partial charge in [0.25, 0.3) is 5.91 Å². The van der Waals surface area contributed by atoms with Crippen molar-refractivity contribution in [3.05, 3.63) is 42.7 Å². The van der Waals surface area contributed by atoms with E-state index < -0.39 is 0 Å². The number of carbonyl (C=O) groups excluding carboxylic acids is 1. The van der Waals surface area contributed by atoms with Gasteiger partial charge in [-0.05, 0) is 25.3 Å². The Kier molecular flexibility index (Phi) is 4.39. The number of rotatable bonds is 2. The second kappa shape index (κ2) is 6.62. The van der Waals surface area contributed by atoms with Crippen LogP contribution in [0.3, 0.4) is 0 Å². The van der Waals surface area contributed by atoms with E-state index in [1.54, 1.807) is 29.7 Å². The number of likely N-dealkylation sites (tertiary alicyclic amines) is 1. The van der Waals surface area contributed by atoms with Gasteiger partial charge in [0.05, 0.1) is 11.7 Å². The van der Waals surface area contributed by atoms with Gasteiger partial charge in [0.15, 0.2) is 0 Å². The average Bonchev–Trinajstić information content (AvgIpc) is 2.80. The van der Waals surface area contributed by atoms with E-state index in [9.17, 15) is 9.90 Å². The molecule has 1 aliphatic heterocycles. The molecule has 6 nitrogen and oxygen atoms in total. The largest absolute Gasteiger partial charge is 0.393 e. The van der Waals surface area contributed by atoms with Crippen LogP contribution in [0.15, 0.2) is 37.2 Å². The van der Waals surface area contributed by atoms with Gasteiger partial charge in [-0.2, -0.15) is 0 Å². The van der Waals surface area contributed by atoms with Crippen LogP contribution >= 0.6 is 0 Å². The molecule has 0 saturated carbocycles. The molecule has 1 aliphatic rings. The van der Waals surface area contributed by atoms with E-state index in [1.165, 1.54) is 6.33 Å². The van der Waals surface area contributed by atoms with E-state index in [2.05, 4.69) is 15.0 Å². The summed E-state index contributed by atoms with van der Waals surface area (Å²) in [6.45, 7) is 1.26. The van der Waals surface area contributed by atoms with Gasteiger partial charge in [-0.1, -0.05) is 0 Å². The molecular weight excluding hydrogens is 280 g/mol. The number of carbonyl (C=O) groups is 1. The molecule has 2 aromatic heterocycles. The molecule has 3 heterocycles. The van der Waals surface area contributed by atoms with E-state index in [-0.39, 0.29) is 12.0 Å². The van der Waals surface area contributed by atoms with Gasteiger partial charge in [0, 0.05) is 49.0 Å². The highest BCUT2D eigenvalue weighted by atomic mass is 16.3. The summed E-state index contributed by atoms with van der Waals surface area (Å²) >= 11 is 0. The van der Waals surface area contributed by atoms with Crippen LogP contribution in [0.1, 0.15) is 29.6 Å². The molecule has 22 heavy (non-hydrogen) atoms. The van der Waals surface area contributed by atoms with Crippen LogP contribution < -0.4 is 0 Å². The minimum absolute atomic E-state index is 0.0414. The number of hydrogen-bond donors (Lipinski definition) is 1. The summed E-state index contributed by atoms with van der Waals surface area (Å²) < 4.78 is 0. The van der Waals surface area contributed by atoms with Crippen molar-refractivity contribution in [2.24, 2.45) is 0 Å². The van der Waals surface area contributed by atoms with Gasteiger partial charge in [0.1, 0.15) is 6.33 Å². The van der Waals surface area contributed by atoms with Crippen molar-refractivity contribution in [3.63, 3.8) is 0 Å². The average molecular weight is 298 g/mol. The topological polar surface area (TPSA) is 79.2 Å². The number of pyridine rings is 1. The first-order valence-electron chi connectivity index (χ1n) is 7.42. The minimum atomic E-state index is -0.302. The predicted molar refractivity (Wildman–Crippen MR) is 81.0 cm³/mol. The van der Waals surface area contributed by atoms with Crippen molar-refractivity contribution in [1.29, 1.82) is 0 Å². The number of aliphatic hydroxyl groups excluding tert-OH is 1. The third-order valence-electron chi connectivity index (χ3n) is 3.86. The number of aromatic nitrogens is 3. The Morgan fingerprint density at radius 2 is 1.82 bits per heavy atom. The Morgan fingerprint density at radius 3 is 2.64 bits per heavy atom. The van der Waals surface area contributed by atoms with Crippen LogP contribution in [0.25, 0.3) is 11.1 Å². The van der Waals surface area contributed by atoms with Gasteiger partial charge in [-0.3, -0.25) is 9.78 Å². The molecule has 1 atom stereocenters. The molecule has 2 aromatic rings. The van der Waals surface area contributed by atoms with Gasteiger partial charge >= 0.3 is 0 Å². The molecule has 0 unspecified atom stereocenters. The van der Waals surface area contributed by atoms with E-state index in [4.69, 9.17) is 0 Å². The third kappa shape index (κ3) is 3.28. The monoisotopic (exact) mass is 298 g/mol. The molecule has 6 heteroatoms. The molecule has 1 N–H and O–H groups in total. The van der Waals surface area contributed by atoms with Crippen molar-refractivity contribution in [2.75, 3.05) is 13.1 Å². The Bertz CT molecular complexity index is 648. The first-order chi connectivity index (χ1) is 10.7. The molecule has 0 aromatic carbocycles. The van der Waals surface area contributed by atoms with Crippen molar-refractivity contribution in [1.82, 2.24) is 19.9 Å². The zero-order valence-corrected chi connectivity index (χ0v) is 12.2. The van der Waals surface area contributed by atoms with E-state index in [0.717, 1.165) is 24.0 Å². The molecule has 0 spiro atoms.